The van der Waals surface area contributed by atoms with E-state index >= 15 is 0 Å². The predicted molar refractivity (Wildman–Crippen MR) is 94.6 cm³/mol. The highest BCUT2D eigenvalue weighted by Crippen LogP contribution is 2.29. The number of nitrogens with one attached hydrogen (secondary N) is 2. The lowest BCUT2D eigenvalue weighted by Crippen LogP contribution is -2.40. The number of nitrogens with zero attached hydrogens (tertiary/aromatic N) is 1. The maximum absolute atomic E-state index is 12.6. The Morgan fingerprint density at radius 1 is 1.10 bits per heavy atom. The molecule has 2 heterocycles. The first-order valence-corrected chi connectivity index (χ1v) is 8.92. The Hall–Kier alpha value is -2.91. The van der Waals surface area contributed by atoms with E-state index in [4.69, 9.17) is 0 Å². The Bertz CT molecular complexity index is 817. The standard InChI is InChI=1S/C19H18F5N3O2/c20-18(21)29-15-4-2-14(3-5-15)26-17(28)12-7-9-27(10-8-12)16-6-1-13(11-25-16)19(22,23)24/h1-6,11-12,18H,7-10H2,(H,26,28)/p+1. The summed E-state index contributed by atoms with van der Waals surface area (Å²) < 4.78 is 66.5. The average molecular weight is 416 g/mol. The highest BCUT2D eigenvalue weighted by Gasteiger charge is 2.33. The third-order valence-electron chi connectivity index (χ3n) is 4.68. The summed E-state index contributed by atoms with van der Waals surface area (Å²) in [4.78, 5) is 17.0. The number of hydrogen-bond donors (Lipinski definition) is 1. The van der Waals surface area contributed by atoms with E-state index in [2.05, 4.69) is 15.0 Å². The number of aromatic nitrogens is 1. The molecule has 0 unspecified atom stereocenters. The van der Waals surface area contributed by atoms with Gasteiger partial charge in [0.25, 0.3) is 5.82 Å². The first kappa shape index (κ1) is 20.8. The van der Waals surface area contributed by atoms with E-state index in [0.717, 1.165) is 12.3 Å². The number of piperidine rings is 1. The minimum atomic E-state index is -4.40. The molecule has 156 valence electrons. The molecule has 1 fully saturated rings. The summed E-state index contributed by atoms with van der Waals surface area (Å²) >= 11 is 0. The predicted octanol–water partition coefficient (Wildman–Crippen LogP) is 3.98. The smallest absolute Gasteiger partial charge is 0.419 e. The van der Waals surface area contributed by atoms with E-state index in [1.165, 1.54) is 30.3 Å². The molecule has 2 aromatic rings. The van der Waals surface area contributed by atoms with Crippen molar-refractivity contribution in [3.63, 3.8) is 0 Å². The van der Waals surface area contributed by atoms with Crippen molar-refractivity contribution < 1.29 is 36.5 Å². The fraction of sp³-hybridized carbons (Fsp3) is 0.368. The molecule has 2 N–H and O–H groups in total. The van der Waals surface area contributed by atoms with Gasteiger partial charge in [-0.3, -0.25) is 9.69 Å². The van der Waals surface area contributed by atoms with Crippen molar-refractivity contribution in [1.82, 2.24) is 0 Å². The fourth-order valence-electron chi connectivity index (χ4n) is 3.14. The number of alkyl halides is 5. The number of amides is 1. The third-order valence-corrected chi connectivity index (χ3v) is 4.68. The molecule has 0 saturated carbocycles. The molecule has 5 nitrogen and oxygen atoms in total. The maximum atomic E-state index is 12.6. The van der Waals surface area contributed by atoms with Gasteiger partial charge in [-0.1, -0.05) is 0 Å². The summed E-state index contributed by atoms with van der Waals surface area (Å²) in [5.41, 5.74) is -0.282. The highest BCUT2D eigenvalue weighted by molar-refractivity contribution is 5.92. The minimum Gasteiger partial charge on any atom is -0.435 e. The van der Waals surface area contributed by atoms with Crippen LogP contribution in [-0.2, 0) is 11.0 Å². The molecule has 1 amide bonds. The second-order valence-electron chi connectivity index (χ2n) is 6.61. The van der Waals surface area contributed by atoms with Crippen LogP contribution in [0.15, 0.2) is 42.6 Å². The number of aromatic amines is 1. The van der Waals surface area contributed by atoms with E-state index < -0.39 is 18.4 Å². The van der Waals surface area contributed by atoms with Crippen LogP contribution in [0.5, 0.6) is 5.75 Å². The molecule has 10 heteroatoms. The summed E-state index contributed by atoms with van der Waals surface area (Å²) in [6.07, 6.45) is -2.40. The number of carbonyl (C=O) groups is 1. The van der Waals surface area contributed by atoms with Gasteiger partial charge in [-0.2, -0.15) is 22.0 Å². The van der Waals surface area contributed by atoms with Gasteiger partial charge in [-0.15, -0.1) is 0 Å². The van der Waals surface area contributed by atoms with Gasteiger partial charge in [-0.05, 0) is 43.2 Å². The Balaban J connectivity index is 1.51. The maximum Gasteiger partial charge on any atom is 0.419 e. The van der Waals surface area contributed by atoms with Gasteiger partial charge in [0.2, 0.25) is 5.91 Å². The summed E-state index contributed by atoms with van der Waals surface area (Å²) in [6.45, 7) is -1.88. The van der Waals surface area contributed by atoms with Crippen LogP contribution < -0.4 is 19.9 Å². The van der Waals surface area contributed by atoms with Crippen molar-refractivity contribution >= 4 is 17.4 Å². The van der Waals surface area contributed by atoms with Gasteiger partial charge >= 0.3 is 12.8 Å². The van der Waals surface area contributed by atoms with Crippen LogP contribution in [-0.4, -0.2) is 25.6 Å². The molecular formula is C19H19F5N3O2+. The Morgan fingerprint density at radius 2 is 1.76 bits per heavy atom. The van der Waals surface area contributed by atoms with Crippen molar-refractivity contribution in [3.05, 3.63) is 48.2 Å². The number of pyridine rings is 1. The molecule has 1 saturated heterocycles. The van der Waals surface area contributed by atoms with Gasteiger partial charge in [0.05, 0.1) is 18.7 Å². The number of carbonyl (C=O) groups excluding carboxylic acids is 1. The van der Waals surface area contributed by atoms with Gasteiger partial charge in [-0.25, -0.2) is 4.98 Å². The number of rotatable bonds is 5. The summed E-state index contributed by atoms with van der Waals surface area (Å²) in [5.74, 6) is 0.117. The molecule has 0 aliphatic carbocycles. The Labute approximate surface area is 163 Å². The first-order valence-electron chi connectivity index (χ1n) is 8.92. The van der Waals surface area contributed by atoms with Gasteiger partial charge in [0.1, 0.15) is 11.9 Å². The molecule has 0 atom stereocenters. The lowest BCUT2D eigenvalue weighted by Gasteiger charge is -2.27. The van der Waals surface area contributed by atoms with Gasteiger partial charge in [0.15, 0.2) is 0 Å². The van der Waals surface area contributed by atoms with Gasteiger partial charge in [0, 0.05) is 17.7 Å². The number of anilines is 2. The van der Waals surface area contributed by atoms with E-state index in [9.17, 15) is 26.7 Å². The monoisotopic (exact) mass is 416 g/mol. The van der Waals surface area contributed by atoms with Crippen LogP contribution in [0.25, 0.3) is 0 Å². The molecule has 1 aliphatic heterocycles. The molecule has 1 aliphatic rings. The number of benzene rings is 1. The van der Waals surface area contributed by atoms with E-state index in [0.29, 0.717) is 37.4 Å². The van der Waals surface area contributed by atoms with Crippen molar-refractivity contribution in [3.8, 4) is 5.75 Å². The molecular weight excluding hydrogens is 397 g/mol. The normalized spacial score (nSPS) is 15.4. The quantitative estimate of drug-likeness (QED) is 0.751. The van der Waals surface area contributed by atoms with Crippen molar-refractivity contribution in [2.45, 2.75) is 25.6 Å². The lowest BCUT2D eigenvalue weighted by molar-refractivity contribution is -0.367. The number of H-pyrrole nitrogens is 1. The minimum absolute atomic E-state index is 0.000834. The van der Waals surface area contributed by atoms with Crippen molar-refractivity contribution in [1.29, 1.82) is 0 Å². The van der Waals surface area contributed by atoms with Gasteiger partial charge < -0.3 is 10.1 Å². The zero-order valence-corrected chi connectivity index (χ0v) is 15.2. The van der Waals surface area contributed by atoms with E-state index in [-0.39, 0.29) is 17.6 Å². The molecule has 1 aromatic heterocycles. The lowest BCUT2D eigenvalue weighted by atomic mass is 9.95. The van der Waals surface area contributed by atoms with Crippen LogP contribution in [0.4, 0.5) is 33.5 Å². The topological polar surface area (TPSA) is 55.7 Å². The Kier molecular flexibility index (Phi) is 6.19. The second kappa shape index (κ2) is 8.62. The number of hydrogen-bond acceptors (Lipinski definition) is 3. The zero-order valence-electron chi connectivity index (χ0n) is 15.2. The van der Waals surface area contributed by atoms with Crippen molar-refractivity contribution in [2.75, 3.05) is 23.3 Å². The first-order chi connectivity index (χ1) is 13.7. The van der Waals surface area contributed by atoms with Crippen LogP contribution in [0.3, 0.4) is 0 Å². The molecule has 3 rings (SSSR count). The summed E-state index contributed by atoms with van der Waals surface area (Å²) in [5, 5.41) is 2.74. The van der Waals surface area contributed by atoms with Crippen LogP contribution >= 0.6 is 0 Å². The molecule has 1 aromatic carbocycles. The molecule has 0 bridgehead atoms. The fourth-order valence-corrected chi connectivity index (χ4v) is 3.14. The SMILES string of the molecule is O=C(Nc1ccc(OC(F)F)cc1)C1CCN(c2ccc(C(F)(F)F)c[nH+]2)CC1. The summed E-state index contributed by atoms with van der Waals surface area (Å²) in [6, 6.07) is 8.03. The van der Waals surface area contributed by atoms with Crippen LogP contribution in [0.2, 0.25) is 0 Å². The molecule has 0 radical (unpaired) electrons. The second-order valence-corrected chi connectivity index (χ2v) is 6.61. The van der Waals surface area contributed by atoms with Crippen LogP contribution in [0.1, 0.15) is 18.4 Å². The summed E-state index contributed by atoms with van der Waals surface area (Å²) in [7, 11) is 0. The number of halogens is 5. The van der Waals surface area contributed by atoms with Crippen LogP contribution in [0, 0.1) is 5.92 Å². The van der Waals surface area contributed by atoms with E-state index in [1.54, 1.807) is 0 Å². The van der Waals surface area contributed by atoms with Crippen molar-refractivity contribution in [2.24, 2.45) is 5.92 Å². The van der Waals surface area contributed by atoms with E-state index in [1.807, 2.05) is 4.90 Å². The molecule has 0 spiro atoms. The Morgan fingerprint density at radius 3 is 2.28 bits per heavy atom. The average Bonchev–Trinajstić information content (AvgIpc) is 2.69. The zero-order chi connectivity index (χ0) is 21.0. The number of ether oxygens (including phenoxy) is 1. The third kappa shape index (κ3) is 5.55. The highest BCUT2D eigenvalue weighted by atomic mass is 19.4. The molecule has 29 heavy (non-hydrogen) atoms. The largest absolute Gasteiger partial charge is 0.435 e.